The van der Waals surface area contributed by atoms with E-state index in [9.17, 15) is 0 Å². The predicted octanol–water partition coefficient (Wildman–Crippen LogP) is 3.62. The third-order valence-electron chi connectivity index (χ3n) is 3.00. The fraction of sp³-hybridized carbons (Fsp3) is 0.357. The number of halogens is 2. The average molecular weight is 298 g/mol. The van der Waals surface area contributed by atoms with Crippen LogP contribution < -0.4 is 5.32 Å². The van der Waals surface area contributed by atoms with Crippen molar-refractivity contribution in [2.45, 2.75) is 19.4 Å². The first-order valence-electron chi connectivity index (χ1n) is 6.27. The fourth-order valence-corrected chi connectivity index (χ4v) is 2.47. The van der Waals surface area contributed by atoms with Crippen LogP contribution in [0, 0.1) is 0 Å². The van der Waals surface area contributed by atoms with Gasteiger partial charge in [0.1, 0.15) is 0 Å². The Morgan fingerprint density at radius 1 is 1.32 bits per heavy atom. The number of hydrogen-bond donors (Lipinski definition) is 1. The van der Waals surface area contributed by atoms with Gasteiger partial charge in [0.05, 0.1) is 21.8 Å². The molecule has 0 fully saturated rings. The summed E-state index contributed by atoms with van der Waals surface area (Å²) >= 11 is 12.3. The molecule has 0 aliphatic carbocycles. The van der Waals surface area contributed by atoms with Crippen LogP contribution in [0.4, 0.5) is 0 Å². The maximum atomic E-state index is 6.24. The van der Waals surface area contributed by atoms with Gasteiger partial charge < -0.3 is 5.32 Å². The number of hydrogen-bond acceptors (Lipinski definition) is 2. The van der Waals surface area contributed by atoms with Crippen LogP contribution in [0.5, 0.6) is 0 Å². The van der Waals surface area contributed by atoms with Crippen molar-refractivity contribution in [3.05, 3.63) is 51.8 Å². The first-order chi connectivity index (χ1) is 9.11. The lowest BCUT2D eigenvalue weighted by Gasteiger charge is -2.17. The highest BCUT2D eigenvalue weighted by Crippen LogP contribution is 2.28. The summed E-state index contributed by atoms with van der Waals surface area (Å²) in [5, 5.41) is 9.11. The van der Waals surface area contributed by atoms with Crippen LogP contribution in [0.2, 0.25) is 10.0 Å². The third kappa shape index (κ3) is 3.50. The summed E-state index contributed by atoms with van der Waals surface area (Å²) in [5.41, 5.74) is 2.05. The van der Waals surface area contributed by atoms with E-state index in [2.05, 4.69) is 17.3 Å². The van der Waals surface area contributed by atoms with Crippen LogP contribution in [0.25, 0.3) is 0 Å². The standard InChI is InChI=1S/C14H17Cl2N3/c1-3-17-13(12-7-8-19(2)18-12)9-10-5-4-6-11(15)14(10)16/h4-8,13,17H,3,9H2,1-2H3. The minimum Gasteiger partial charge on any atom is -0.309 e. The molecule has 0 amide bonds. The van der Waals surface area contributed by atoms with Crippen molar-refractivity contribution in [2.24, 2.45) is 7.05 Å². The van der Waals surface area contributed by atoms with E-state index in [4.69, 9.17) is 23.2 Å². The highest BCUT2D eigenvalue weighted by atomic mass is 35.5. The minimum atomic E-state index is 0.141. The quantitative estimate of drug-likeness (QED) is 0.913. The molecule has 0 saturated carbocycles. The lowest BCUT2D eigenvalue weighted by Crippen LogP contribution is -2.23. The molecule has 0 saturated heterocycles. The molecule has 19 heavy (non-hydrogen) atoms. The van der Waals surface area contributed by atoms with E-state index in [1.807, 2.05) is 31.4 Å². The summed E-state index contributed by atoms with van der Waals surface area (Å²) < 4.78 is 1.80. The van der Waals surface area contributed by atoms with E-state index in [1.165, 1.54) is 0 Å². The molecule has 0 radical (unpaired) electrons. The molecular formula is C14H17Cl2N3. The average Bonchev–Trinajstić information content (AvgIpc) is 2.81. The first kappa shape index (κ1) is 14.4. The molecule has 5 heteroatoms. The smallest absolute Gasteiger partial charge is 0.0797 e. The zero-order chi connectivity index (χ0) is 13.8. The molecule has 0 spiro atoms. The van der Waals surface area contributed by atoms with E-state index in [0.29, 0.717) is 10.0 Å². The van der Waals surface area contributed by atoms with Gasteiger partial charge in [-0.3, -0.25) is 4.68 Å². The first-order valence-corrected chi connectivity index (χ1v) is 7.03. The fourth-order valence-electron chi connectivity index (χ4n) is 2.07. The van der Waals surface area contributed by atoms with Crippen molar-refractivity contribution in [2.75, 3.05) is 6.54 Å². The van der Waals surface area contributed by atoms with Gasteiger partial charge in [-0.2, -0.15) is 5.10 Å². The lowest BCUT2D eigenvalue weighted by atomic mass is 10.0. The van der Waals surface area contributed by atoms with Crippen LogP contribution in [0.15, 0.2) is 30.5 Å². The predicted molar refractivity (Wildman–Crippen MR) is 79.8 cm³/mol. The monoisotopic (exact) mass is 297 g/mol. The Balaban J connectivity index is 2.23. The third-order valence-corrected chi connectivity index (χ3v) is 3.86. The van der Waals surface area contributed by atoms with Gasteiger partial charge in [0.2, 0.25) is 0 Å². The number of aryl methyl sites for hydroxylation is 1. The molecule has 2 rings (SSSR count). The number of likely N-dealkylation sites (N-methyl/N-ethyl adjacent to an activating group) is 1. The van der Waals surface area contributed by atoms with E-state index >= 15 is 0 Å². The molecule has 3 nitrogen and oxygen atoms in total. The summed E-state index contributed by atoms with van der Waals surface area (Å²) in [5.74, 6) is 0. The van der Waals surface area contributed by atoms with E-state index < -0.39 is 0 Å². The van der Waals surface area contributed by atoms with Gasteiger partial charge in [0, 0.05) is 13.2 Å². The number of rotatable bonds is 5. The molecule has 0 bridgehead atoms. The summed E-state index contributed by atoms with van der Waals surface area (Å²) in [4.78, 5) is 0. The van der Waals surface area contributed by atoms with Gasteiger partial charge >= 0.3 is 0 Å². The second-order valence-corrected chi connectivity index (χ2v) is 5.23. The van der Waals surface area contributed by atoms with Crippen LogP contribution >= 0.6 is 23.2 Å². The minimum absolute atomic E-state index is 0.141. The van der Waals surface area contributed by atoms with E-state index in [0.717, 1.165) is 24.2 Å². The SMILES string of the molecule is CCNC(Cc1cccc(Cl)c1Cl)c1ccn(C)n1. The van der Waals surface area contributed by atoms with Crippen molar-refractivity contribution in [3.63, 3.8) is 0 Å². The number of nitrogens with one attached hydrogen (secondary N) is 1. The van der Waals surface area contributed by atoms with Crippen LogP contribution in [-0.2, 0) is 13.5 Å². The summed E-state index contributed by atoms with van der Waals surface area (Å²) in [6.07, 6.45) is 2.71. The number of aromatic nitrogens is 2. The molecule has 0 aliphatic rings. The Bertz CT molecular complexity index is 551. The largest absolute Gasteiger partial charge is 0.309 e. The second kappa shape index (κ2) is 6.42. The van der Waals surface area contributed by atoms with Crippen LogP contribution in [-0.4, -0.2) is 16.3 Å². The van der Waals surface area contributed by atoms with Crippen LogP contribution in [0.3, 0.4) is 0 Å². The zero-order valence-corrected chi connectivity index (χ0v) is 12.5. The van der Waals surface area contributed by atoms with Crippen molar-refractivity contribution in [1.29, 1.82) is 0 Å². The molecule has 1 unspecified atom stereocenters. The Morgan fingerprint density at radius 3 is 2.74 bits per heavy atom. The van der Waals surface area contributed by atoms with Gasteiger partial charge in [-0.1, -0.05) is 42.3 Å². The molecule has 1 aromatic heterocycles. The highest BCUT2D eigenvalue weighted by Gasteiger charge is 2.16. The topological polar surface area (TPSA) is 29.9 Å². The molecule has 1 N–H and O–H groups in total. The molecule has 2 aromatic rings. The van der Waals surface area contributed by atoms with Crippen molar-refractivity contribution >= 4 is 23.2 Å². The van der Waals surface area contributed by atoms with Crippen LogP contribution in [0.1, 0.15) is 24.2 Å². The number of nitrogens with zero attached hydrogens (tertiary/aromatic N) is 2. The summed E-state index contributed by atoms with van der Waals surface area (Å²) in [6, 6.07) is 7.89. The van der Waals surface area contributed by atoms with Gasteiger partial charge in [-0.05, 0) is 30.7 Å². The Morgan fingerprint density at radius 2 is 2.11 bits per heavy atom. The highest BCUT2D eigenvalue weighted by molar-refractivity contribution is 6.42. The van der Waals surface area contributed by atoms with Crippen molar-refractivity contribution in [1.82, 2.24) is 15.1 Å². The van der Waals surface area contributed by atoms with Gasteiger partial charge in [-0.15, -0.1) is 0 Å². The summed E-state index contributed by atoms with van der Waals surface area (Å²) in [6.45, 7) is 2.95. The molecule has 102 valence electrons. The molecule has 1 atom stereocenters. The molecule has 0 aliphatic heterocycles. The Kier molecular flexibility index (Phi) is 4.86. The maximum absolute atomic E-state index is 6.24. The lowest BCUT2D eigenvalue weighted by molar-refractivity contribution is 0.528. The van der Waals surface area contributed by atoms with Gasteiger partial charge in [0.15, 0.2) is 0 Å². The molecular weight excluding hydrogens is 281 g/mol. The van der Waals surface area contributed by atoms with E-state index in [-0.39, 0.29) is 6.04 Å². The van der Waals surface area contributed by atoms with Crippen molar-refractivity contribution in [3.8, 4) is 0 Å². The van der Waals surface area contributed by atoms with Crippen molar-refractivity contribution < 1.29 is 0 Å². The molecule has 1 aromatic carbocycles. The normalized spacial score (nSPS) is 12.6. The van der Waals surface area contributed by atoms with Gasteiger partial charge in [-0.25, -0.2) is 0 Å². The Labute approximate surface area is 123 Å². The van der Waals surface area contributed by atoms with Gasteiger partial charge in [0.25, 0.3) is 0 Å². The number of benzene rings is 1. The summed E-state index contributed by atoms with van der Waals surface area (Å²) in [7, 11) is 1.92. The second-order valence-electron chi connectivity index (χ2n) is 4.44. The van der Waals surface area contributed by atoms with E-state index in [1.54, 1.807) is 10.7 Å². The Hall–Kier alpha value is -1.03. The maximum Gasteiger partial charge on any atom is 0.0797 e. The zero-order valence-electron chi connectivity index (χ0n) is 11.0. The molecule has 1 heterocycles.